The molecule has 3 nitrogen and oxygen atoms in total. The van der Waals surface area contributed by atoms with Crippen LogP contribution in [0.25, 0.3) is 6.08 Å². The van der Waals surface area contributed by atoms with Gasteiger partial charge in [0, 0.05) is 16.7 Å². The Morgan fingerprint density at radius 3 is 3.14 bits per heavy atom. The van der Waals surface area contributed by atoms with E-state index in [-0.39, 0.29) is 5.97 Å². The molecule has 14 heavy (non-hydrogen) atoms. The summed E-state index contributed by atoms with van der Waals surface area (Å²) in [6, 6.07) is 3.64. The third kappa shape index (κ3) is 3.70. The van der Waals surface area contributed by atoms with Crippen LogP contribution in [0.2, 0.25) is 0 Å². The molecule has 0 amide bonds. The van der Waals surface area contributed by atoms with Crippen molar-refractivity contribution in [2.24, 2.45) is 0 Å². The smallest absolute Gasteiger partial charge is 0.330 e. The maximum atomic E-state index is 11.0. The Balaban J connectivity index is 2.64. The summed E-state index contributed by atoms with van der Waals surface area (Å²) in [5.41, 5.74) is 0.715. The van der Waals surface area contributed by atoms with E-state index in [4.69, 9.17) is 4.74 Å². The summed E-state index contributed by atoms with van der Waals surface area (Å²) < 4.78 is 5.66. The van der Waals surface area contributed by atoms with Gasteiger partial charge in [-0.2, -0.15) is 0 Å². The van der Waals surface area contributed by atoms with Gasteiger partial charge in [0.25, 0.3) is 0 Å². The molecule has 0 bridgehead atoms. The monoisotopic (exact) mass is 255 g/mol. The molecule has 0 aliphatic carbocycles. The van der Waals surface area contributed by atoms with Gasteiger partial charge in [-0.3, -0.25) is 4.98 Å². The van der Waals surface area contributed by atoms with Crippen LogP contribution in [-0.2, 0) is 9.53 Å². The van der Waals surface area contributed by atoms with Crippen LogP contribution in [0.3, 0.4) is 0 Å². The Hall–Kier alpha value is -1.16. The van der Waals surface area contributed by atoms with Gasteiger partial charge in [-0.25, -0.2) is 4.79 Å². The second kappa shape index (κ2) is 5.54. The van der Waals surface area contributed by atoms with E-state index in [1.54, 1.807) is 19.2 Å². The first-order chi connectivity index (χ1) is 6.72. The SMILES string of the molecule is CCOC(=O)/C=C/c1cc(Br)ccn1. The number of aromatic nitrogens is 1. The van der Waals surface area contributed by atoms with Crippen molar-refractivity contribution in [1.82, 2.24) is 4.98 Å². The maximum absolute atomic E-state index is 11.0. The van der Waals surface area contributed by atoms with Crippen LogP contribution in [0, 0.1) is 0 Å². The van der Waals surface area contributed by atoms with Gasteiger partial charge < -0.3 is 4.74 Å². The molecule has 0 spiro atoms. The zero-order chi connectivity index (χ0) is 10.4. The topological polar surface area (TPSA) is 39.2 Å². The molecule has 0 aliphatic heterocycles. The number of esters is 1. The summed E-state index contributed by atoms with van der Waals surface area (Å²) in [6.07, 6.45) is 4.63. The Morgan fingerprint density at radius 2 is 2.50 bits per heavy atom. The lowest BCUT2D eigenvalue weighted by molar-refractivity contribution is -0.137. The molecule has 0 saturated carbocycles. The first-order valence-electron chi connectivity index (χ1n) is 4.18. The van der Waals surface area contributed by atoms with E-state index in [2.05, 4.69) is 20.9 Å². The van der Waals surface area contributed by atoms with E-state index in [1.807, 2.05) is 12.1 Å². The Labute approximate surface area is 90.9 Å². The van der Waals surface area contributed by atoms with Gasteiger partial charge in [0.05, 0.1) is 12.3 Å². The van der Waals surface area contributed by atoms with Crippen LogP contribution in [0.4, 0.5) is 0 Å². The Morgan fingerprint density at radius 1 is 1.71 bits per heavy atom. The number of carbonyl (C=O) groups excluding carboxylic acids is 1. The fraction of sp³-hybridized carbons (Fsp3) is 0.200. The van der Waals surface area contributed by atoms with Crippen LogP contribution in [0.15, 0.2) is 28.9 Å². The summed E-state index contributed by atoms with van der Waals surface area (Å²) in [6.45, 7) is 2.15. The number of halogens is 1. The number of hydrogen-bond acceptors (Lipinski definition) is 3. The van der Waals surface area contributed by atoms with Gasteiger partial charge in [-0.15, -0.1) is 0 Å². The normalized spacial score (nSPS) is 10.4. The van der Waals surface area contributed by atoms with Crippen LogP contribution in [-0.4, -0.2) is 17.6 Å². The molecule has 1 heterocycles. The van der Waals surface area contributed by atoms with Gasteiger partial charge in [-0.05, 0) is 25.1 Å². The number of ether oxygens (including phenoxy) is 1. The fourth-order valence-corrected chi connectivity index (χ4v) is 1.21. The van der Waals surface area contributed by atoms with Crippen LogP contribution in [0.1, 0.15) is 12.6 Å². The molecule has 1 aromatic rings. The van der Waals surface area contributed by atoms with E-state index >= 15 is 0 Å². The molecule has 0 aliphatic rings. The predicted octanol–water partition coefficient (Wildman–Crippen LogP) is 2.42. The second-order valence-electron chi connectivity index (χ2n) is 2.48. The third-order valence-corrected chi connectivity index (χ3v) is 1.91. The number of hydrogen-bond donors (Lipinski definition) is 0. The quantitative estimate of drug-likeness (QED) is 0.615. The van der Waals surface area contributed by atoms with Crippen molar-refractivity contribution in [2.75, 3.05) is 6.61 Å². The molecule has 1 rings (SSSR count). The van der Waals surface area contributed by atoms with Gasteiger partial charge in [0.15, 0.2) is 0 Å². The van der Waals surface area contributed by atoms with E-state index in [9.17, 15) is 4.79 Å². The van der Waals surface area contributed by atoms with Crippen molar-refractivity contribution in [3.8, 4) is 0 Å². The number of carbonyl (C=O) groups is 1. The highest BCUT2D eigenvalue weighted by Gasteiger charge is 1.94. The largest absolute Gasteiger partial charge is 0.463 e. The summed E-state index contributed by atoms with van der Waals surface area (Å²) in [5, 5.41) is 0. The molecule has 0 atom stereocenters. The van der Waals surface area contributed by atoms with Crippen molar-refractivity contribution in [2.45, 2.75) is 6.92 Å². The molecule has 1 aromatic heterocycles. The van der Waals surface area contributed by atoms with Gasteiger partial charge >= 0.3 is 5.97 Å². The van der Waals surface area contributed by atoms with Crippen LogP contribution in [0.5, 0.6) is 0 Å². The molecular weight excluding hydrogens is 246 g/mol. The van der Waals surface area contributed by atoms with Crippen molar-refractivity contribution < 1.29 is 9.53 Å². The third-order valence-electron chi connectivity index (χ3n) is 1.42. The molecule has 0 saturated heterocycles. The highest BCUT2D eigenvalue weighted by molar-refractivity contribution is 9.10. The molecule has 0 aromatic carbocycles. The first-order valence-corrected chi connectivity index (χ1v) is 4.98. The summed E-state index contributed by atoms with van der Waals surface area (Å²) >= 11 is 3.31. The standard InChI is InChI=1S/C10H10BrNO2/c1-2-14-10(13)4-3-9-7-8(11)5-6-12-9/h3-7H,2H2,1H3/b4-3+. The lowest BCUT2D eigenvalue weighted by Crippen LogP contribution is -1.98. The molecule has 0 fully saturated rings. The fourth-order valence-electron chi connectivity index (χ4n) is 0.856. The van der Waals surface area contributed by atoms with E-state index in [0.29, 0.717) is 12.3 Å². The van der Waals surface area contributed by atoms with Crippen molar-refractivity contribution >= 4 is 28.0 Å². The minimum atomic E-state index is -0.353. The maximum Gasteiger partial charge on any atom is 0.330 e. The van der Waals surface area contributed by atoms with Crippen molar-refractivity contribution in [1.29, 1.82) is 0 Å². The zero-order valence-electron chi connectivity index (χ0n) is 7.74. The van der Waals surface area contributed by atoms with E-state index in [1.165, 1.54) is 6.08 Å². The van der Waals surface area contributed by atoms with E-state index < -0.39 is 0 Å². The average Bonchev–Trinajstić information content (AvgIpc) is 2.15. The predicted molar refractivity (Wildman–Crippen MR) is 57.6 cm³/mol. The van der Waals surface area contributed by atoms with Crippen LogP contribution < -0.4 is 0 Å². The van der Waals surface area contributed by atoms with Gasteiger partial charge in [0.2, 0.25) is 0 Å². The number of nitrogens with zero attached hydrogens (tertiary/aromatic N) is 1. The molecule has 74 valence electrons. The average molecular weight is 256 g/mol. The summed E-state index contributed by atoms with van der Waals surface area (Å²) in [5.74, 6) is -0.353. The molecule has 0 radical (unpaired) electrons. The van der Waals surface area contributed by atoms with Crippen LogP contribution >= 0.6 is 15.9 Å². The Bertz CT molecular complexity index is 350. The molecule has 4 heteroatoms. The lowest BCUT2D eigenvalue weighted by atomic mass is 10.3. The van der Waals surface area contributed by atoms with Gasteiger partial charge in [-0.1, -0.05) is 15.9 Å². The summed E-state index contributed by atoms with van der Waals surface area (Å²) in [4.78, 5) is 15.0. The second-order valence-corrected chi connectivity index (χ2v) is 3.40. The number of rotatable bonds is 3. The molecule has 0 N–H and O–H groups in total. The Kier molecular flexibility index (Phi) is 4.32. The number of pyridine rings is 1. The molecule has 0 unspecified atom stereocenters. The van der Waals surface area contributed by atoms with Crippen molar-refractivity contribution in [3.63, 3.8) is 0 Å². The lowest BCUT2D eigenvalue weighted by Gasteiger charge is -1.95. The highest BCUT2D eigenvalue weighted by Crippen LogP contribution is 2.09. The summed E-state index contributed by atoms with van der Waals surface area (Å²) in [7, 11) is 0. The first kappa shape index (κ1) is 10.9. The molecular formula is C10H10BrNO2. The van der Waals surface area contributed by atoms with Gasteiger partial charge in [0.1, 0.15) is 0 Å². The van der Waals surface area contributed by atoms with E-state index in [0.717, 1.165) is 4.47 Å². The minimum Gasteiger partial charge on any atom is -0.463 e. The highest BCUT2D eigenvalue weighted by atomic mass is 79.9. The zero-order valence-corrected chi connectivity index (χ0v) is 9.32. The minimum absolute atomic E-state index is 0.353. The van der Waals surface area contributed by atoms with Crippen molar-refractivity contribution in [3.05, 3.63) is 34.6 Å².